The molecule has 1 atom stereocenters. The van der Waals surface area contributed by atoms with Gasteiger partial charge >= 0.3 is 0 Å². The van der Waals surface area contributed by atoms with E-state index in [0.717, 1.165) is 69.7 Å². The average Bonchev–Trinajstić information content (AvgIpc) is 2.73. The molecule has 30 heavy (non-hydrogen) atoms. The fourth-order valence-electron chi connectivity index (χ4n) is 6.95. The molecule has 1 N–H and O–H groups in total. The van der Waals surface area contributed by atoms with Crippen molar-refractivity contribution < 1.29 is 9.59 Å². The van der Waals surface area contributed by atoms with Gasteiger partial charge in [0.2, 0.25) is 11.8 Å². The van der Waals surface area contributed by atoms with Crippen molar-refractivity contribution in [3.8, 4) is 0 Å². The fraction of sp³-hybridized carbons (Fsp3) is 0.708. The Morgan fingerprint density at radius 1 is 1.03 bits per heavy atom. The molecule has 6 heteroatoms. The van der Waals surface area contributed by atoms with Crippen LogP contribution in [0.25, 0.3) is 0 Å². The number of carbonyl (C=O) groups excluding carboxylic acids is 2. The third-order valence-corrected chi connectivity index (χ3v) is 8.08. The van der Waals surface area contributed by atoms with Gasteiger partial charge in [-0.15, -0.1) is 0 Å². The number of piperazine rings is 1. The monoisotopic (exact) mass is 410 g/mol. The Morgan fingerprint density at radius 2 is 1.60 bits per heavy atom. The molecule has 2 heterocycles. The summed E-state index contributed by atoms with van der Waals surface area (Å²) >= 11 is 0. The maximum atomic E-state index is 13.3. The number of nitrogens with zero attached hydrogens (tertiary/aromatic N) is 3. The minimum atomic E-state index is -0.433. The van der Waals surface area contributed by atoms with Gasteiger partial charge in [0.05, 0.1) is 0 Å². The summed E-state index contributed by atoms with van der Waals surface area (Å²) in [4.78, 5) is 34.6. The molecular weight excluding hydrogens is 376 g/mol. The van der Waals surface area contributed by atoms with Crippen LogP contribution in [-0.2, 0) is 16.1 Å². The highest BCUT2D eigenvalue weighted by molar-refractivity contribution is 5.90. The minimum Gasteiger partial charge on any atom is -0.344 e. The molecule has 1 aromatic rings. The summed E-state index contributed by atoms with van der Waals surface area (Å²) in [5.74, 6) is 2.43. The summed E-state index contributed by atoms with van der Waals surface area (Å²) in [5, 5.41) is 3.13. The summed E-state index contributed by atoms with van der Waals surface area (Å²) in [6.45, 7) is 5.93. The third-order valence-electron chi connectivity index (χ3n) is 8.08. The van der Waals surface area contributed by atoms with Crippen molar-refractivity contribution in [2.45, 2.75) is 58.0 Å². The van der Waals surface area contributed by atoms with Crippen LogP contribution in [0.1, 0.15) is 51.0 Å². The molecule has 1 aliphatic heterocycles. The van der Waals surface area contributed by atoms with Gasteiger partial charge in [-0.25, -0.2) is 0 Å². The van der Waals surface area contributed by atoms with E-state index in [0.29, 0.717) is 0 Å². The van der Waals surface area contributed by atoms with E-state index in [9.17, 15) is 9.59 Å². The van der Waals surface area contributed by atoms with Gasteiger partial charge in [0.15, 0.2) is 0 Å². The molecule has 0 unspecified atom stereocenters. The fourth-order valence-corrected chi connectivity index (χ4v) is 6.95. The number of pyridine rings is 1. The van der Waals surface area contributed by atoms with Crippen molar-refractivity contribution >= 4 is 11.8 Å². The van der Waals surface area contributed by atoms with E-state index in [1.165, 1.54) is 24.8 Å². The first-order valence-electron chi connectivity index (χ1n) is 11.7. The van der Waals surface area contributed by atoms with Gasteiger partial charge in [0.25, 0.3) is 0 Å². The summed E-state index contributed by atoms with van der Waals surface area (Å²) in [6.07, 6.45) is 10.7. The molecule has 5 aliphatic rings. The molecule has 2 amide bonds. The van der Waals surface area contributed by atoms with Crippen molar-refractivity contribution in [3.05, 3.63) is 30.1 Å². The zero-order valence-corrected chi connectivity index (χ0v) is 18.1. The molecule has 0 spiro atoms. The van der Waals surface area contributed by atoms with Crippen LogP contribution in [0.4, 0.5) is 0 Å². The van der Waals surface area contributed by atoms with E-state index in [1.807, 2.05) is 36.4 Å². The Labute approximate surface area is 179 Å². The van der Waals surface area contributed by atoms with Crippen LogP contribution < -0.4 is 5.32 Å². The lowest BCUT2D eigenvalue weighted by Gasteiger charge is -2.55. The smallest absolute Gasteiger partial charge is 0.244 e. The highest BCUT2D eigenvalue weighted by atomic mass is 16.2. The second kappa shape index (κ2) is 7.95. The van der Waals surface area contributed by atoms with Crippen LogP contribution >= 0.6 is 0 Å². The SMILES string of the molecule is C[C@H](NC(=O)C12CC3CC(CC(C3)C1)C2)C(=O)N1CCN(Cc2ccncc2)CC1. The van der Waals surface area contributed by atoms with E-state index in [1.54, 1.807) is 0 Å². The highest BCUT2D eigenvalue weighted by Gasteiger charge is 2.54. The van der Waals surface area contributed by atoms with Gasteiger partial charge in [-0.05, 0) is 80.9 Å². The standard InChI is InChI=1S/C24H34N4O2/c1-17(26-23(30)24-13-19-10-20(14-24)12-21(11-19)15-24)22(29)28-8-6-27(7-9-28)16-18-2-4-25-5-3-18/h2-5,17,19-21H,6-16H2,1H3,(H,26,30)/t17-,19?,20?,21?,24?/m0/s1. The van der Waals surface area contributed by atoms with Crippen LogP contribution in [-0.4, -0.2) is 58.8 Å². The lowest BCUT2D eigenvalue weighted by atomic mass is 9.49. The van der Waals surface area contributed by atoms with E-state index in [2.05, 4.69) is 15.2 Å². The molecule has 162 valence electrons. The molecule has 4 bridgehead atoms. The molecular formula is C24H34N4O2. The van der Waals surface area contributed by atoms with Gasteiger partial charge in [0.1, 0.15) is 6.04 Å². The van der Waals surface area contributed by atoms with Crippen molar-refractivity contribution in [1.29, 1.82) is 0 Å². The second-order valence-corrected chi connectivity index (χ2v) is 10.3. The normalized spacial score (nSPS) is 34.0. The van der Waals surface area contributed by atoms with Gasteiger partial charge in [-0.3, -0.25) is 19.5 Å². The zero-order valence-electron chi connectivity index (χ0n) is 18.1. The van der Waals surface area contributed by atoms with E-state index in [-0.39, 0.29) is 17.2 Å². The Hall–Kier alpha value is -1.95. The van der Waals surface area contributed by atoms with Crippen LogP contribution in [0, 0.1) is 23.2 Å². The summed E-state index contributed by atoms with van der Waals surface area (Å²) in [7, 11) is 0. The summed E-state index contributed by atoms with van der Waals surface area (Å²) in [5.41, 5.74) is 1.06. The maximum Gasteiger partial charge on any atom is 0.244 e. The summed E-state index contributed by atoms with van der Waals surface area (Å²) < 4.78 is 0. The highest BCUT2D eigenvalue weighted by Crippen LogP contribution is 2.60. The molecule has 6 rings (SSSR count). The van der Waals surface area contributed by atoms with Crippen molar-refractivity contribution in [2.24, 2.45) is 23.2 Å². The van der Waals surface area contributed by atoms with E-state index in [4.69, 9.17) is 0 Å². The third kappa shape index (κ3) is 3.86. The number of nitrogens with one attached hydrogen (secondary N) is 1. The molecule has 6 nitrogen and oxygen atoms in total. The Kier molecular flexibility index (Phi) is 5.30. The predicted octanol–water partition coefficient (Wildman–Crippen LogP) is 2.45. The molecule has 4 aliphatic carbocycles. The molecule has 1 saturated heterocycles. The predicted molar refractivity (Wildman–Crippen MR) is 114 cm³/mol. The number of hydrogen-bond donors (Lipinski definition) is 1. The second-order valence-electron chi connectivity index (χ2n) is 10.3. The number of carbonyl (C=O) groups is 2. The Bertz CT molecular complexity index is 752. The minimum absolute atomic E-state index is 0.0663. The van der Waals surface area contributed by atoms with Gasteiger partial charge in [-0.1, -0.05) is 0 Å². The topological polar surface area (TPSA) is 65.5 Å². The Balaban J connectivity index is 1.13. The van der Waals surface area contributed by atoms with Crippen LogP contribution in [0.2, 0.25) is 0 Å². The molecule has 1 aromatic heterocycles. The van der Waals surface area contributed by atoms with Gasteiger partial charge in [0, 0.05) is 50.5 Å². The number of rotatable bonds is 5. The number of amides is 2. The quantitative estimate of drug-likeness (QED) is 0.810. The van der Waals surface area contributed by atoms with E-state index >= 15 is 0 Å². The molecule has 0 radical (unpaired) electrons. The molecule has 5 fully saturated rings. The van der Waals surface area contributed by atoms with Crippen molar-refractivity contribution in [2.75, 3.05) is 26.2 Å². The van der Waals surface area contributed by atoms with Crippen LogP contribution in [0.5, 0.6) is 0 Å². The van der Waals surface area contributed by atoms with Gasteiger partial charge < -0.3 is 10.2 Å². The lowest BCUT2D eigenvalue weighted by Crippen LogP contribution is -2.58. The van der Waals surface area contributed by atoms with Crippen molar-refractivity contribution in [1.82, 2.24) is 20.1 Å². The van der Waals surface area contributed by atoms with Crippen molar-refractivity contribution in [3.63, 3.8) is 0 Å². The van der Waals surface area contributed by atoms with Crippen LogP contribution in [0.3, 0.4) is 0 Å². The van der Waals surface area contributed by atoms with Gasteiger partial charge in [-0.2, -0.15) is 0 Å². The first-order chi connectivity index (χ1) is 14.5. The first-order valence-corrected chi connectivity index (χ1v) is 11.7. The lowest BCUT2D eigenvalue weighted by molar-refractivity contribution is -0.150. The number of aromatic nitrogens is 1. The zero-order chi connectivity index (χ0) is 20.7. The maximum absolute atomic E-state index is 13.3. The summed E-state index contributed by atoms with van der Waals surface area (Å²) in [6, 6.07) is 3.65. The average molecular weight is 411 g/mol. The van der Waals surface area contributed by atoms with Crippen LogP contribution in [0.15, 0.2) is 24.5 Å². The van der Waals surface area contributed by atoms with E-state index < -0.39 is 6.04 Å². The largest absolute Gasteiger partial charge is 0.344 e. The molecule has 4 saturated carbocycles. The Morgan fingerprint density at radius 3 is 2.17 bits per heavy atom. The number of hydrogen-bond acceptors (Lipinski definition) is 4. The molecule has 0 aromatic carbocycles. The first kappa shape index (κ1) is 20.0.